The Labute approximate surface area is 86.3 Å². The molecule has 0 aliphatic heterocycles. The van der Waals surface area contributed by atoms with Gasteiger partial charge in [0, 0.05) is 10.5 Å². The van der Waals surface area contributed by atoms with Crippen molar-refractivity contribution < 1.29 is 0 Å². The van der Waals surface area contributed by atoms with E-state index in [1.165, 1.54) is 24.3 Å². The van der Waals surface area contributed by atoms with Crippen LogP contribution in [-0.4, -0.2) is 22.0 Å². The van der Waals surface area contributed by atoms with Crippen LogP contribution < -0.4 is 0 Å². The standard InChI is InChI=1S/C10H22S2/c1-5-9(11-7-3)10(6-2)12-8-4/h9-10H,5-8H2,1-4H3. The summed E-state index contributed by atoms with van der Waals surface area (Å²) >= 11 is 4.26. The van der Waals surface area contributed by atoms with E-state index in [-0.39, 0.29) is 0 Å². The van der Waals surface area contributed by atoms with Crippen molar-refractivity contribution in [3.8, 4) is 0 Å². The van der Waals surface area contributed by atoms with Crippen LogP contribution in [0.3, 0.4) is 0 Å². The smallest absolute Gasteiger partial charge is 0.0163 e. The van der Waals surface area contributed by atoms with Gasteiger partial charge in [-0.05, 0) is 24.3 Å². The average Bonchev–Trinajstić information content (AvgIpc) is 2.11. The van der Waals surface area contributed by atoms with Gasteiger partial charge >= 0.3 is 0 Å². The Balaban J connectivity index is 3.84. The van der Waals surface area contributed by atoms with Gasteiger partial charge < -0.3 is 0 Å². The minimum atomic E-state index is 0.880. The predicted octanol–water partition coefficient (Wildman–Crippen LogP) is 4.05. The van der Waals surface area contributed by atoms with Gasteiger partial charge in [-0.15, -0.1) is 0 Å². The Morgan fingerprint density at radius 1 is 0.750 bits per heavy atom. The fourth-order valence-electron chi connectivity index (χ4n) is 1.40. The van der Waals surface area contributed by atoms with Gasteiger partial charge in [-0.3, -0.25) is 0 Å². The molecule has 0 aliphatic rings. The van der Waals surface area contributed by atoms with E-state index < -0.39 is 0 Å². The van der Waals surface area contributed by atoms with Gasteiger partial charge in [0.15, 0.2) is 0 Å². The Bertz CT molecular complexity index is 81.8. The Kier molecular flexibility index (Phi) is 8.79. The van der Waals surface area contributed by atoms with Crippen LogP contribution in [0.15, 0.2) is 0 Å². The van der Waals surface area contributed by atoms with Gasteiger partial charge in [0.25, 0.3) is 0 Å². The molecule has 0 bridgehead atoms. The first-order valence-electron chi connectivity index (χ1n) is 5.03. The van der Waals surface area contributed by atoms with Gasteiger partial charge in [0.05, 0.1) is 0 Å². The molecule has 0 nitrogen and oxygen atoms in total. The highest BCUT2D eigenvalue weighted by Gasteiger charge is 2.17. The first kappa shape index (κ1) is 12.7. The summed E-state index contributed by atoms with van der Waals surface area (Å²) in [5.41, 5.74) is 0. The van der Waals surface area contributed by atoms with Gasteiger partial charge in [-0.1, -0.05) is 27.7 Å². The number of rotatable bonds is 7. The van der Waals surface area contributed by atoms with Gasteiger partial charge in [-0.2, -0.15) is 23.5 Å². The van der Waals surface area contributed by atoms with E-state index >= 15 is 0 Å². The van der Waals surface area contributed by atoms with Crippen LogP contribution in [0.4, 0.5) is 0 Å². The molecule has 12 heavy (non-hydrogen) atoms. The summed E-state index contributed by atoms with van der Waals surface area (Å²) in [5.74, 6) is 2.53. The first-order chi connectivity index (χ1) is 5.79. The predicted molar refractivity (Wildman–Crippen MR) is 64.4 cm³/mol. The Hall–Kier alpha value is 0.700. The van der Waals surface area contributed by atoms with Crippen LogP contribution in [0.2, 0.25) is 0 Å². The third kappa shape index (κ3) is 4.66. The highest BCUT2D eigenvalue weighted by atomic mass is 32.2. The largest absolute Gasteiger partial charge is 0.158 e. The molecule has 0 aromatic carbocycles. The van der Waals surface area contributed by atoms with Crippen LogP contribution in [-0.2, 0) is 0 Å². The lowest BCUT2D eigenvalue weighted by Crippen LogP contribution is -2.19. The van der Waals surface area contributed by atoms with Crippen LogP contribution in [0.25, 0.3) is 0 Å². The molecule has 0 spiro atoms. The summed E-state index contributed by atoms with van der Waals surface area (Å²) in [6, 6.07) is 0. The topological polar surface area (TPSA) is 0 Å². The van der Waals surface area contributed by atoms with Crippen molar-refractivity contribution in [1.82, 2.24) is 0 Å². The van der Waals surface area contributed by atoms with E-state index in [9.17, 15) is 0 Å². The molecule has 0 aromatic rings. The SMILES string of the molecule is CCSC(CC)C(CC)SCC. The molecule has 2 heteroatoms. The van der Waals surface area contributed by atoms with Crippen LogP contribution in [0.5, 0.6) is 0 Å². The van der Waals surface area contributed by atoms with Crippen LogP contribution in [0, 0.1) is 0 Å². The van der Waals surface area contributed by atoms with Crippen molar-refractivity contribution in [2.45, 2.75) is 51.0 Å². The second kappa shape index (κ2) is 8.31. The summed E-state index contributed by atoms with van der Waals surface area (Å²) in [4.78, 5) is 0. The lowest BCUT2D eigenvalue weighted by atomic mass is 10.2. The Morgan fingerprint density at radius 2 is 1.08 bits per heavy atom. The van der Waals surface area contributed by atoms with Crippen LogP contribution >= 0.6 is 23.5 Å². The molecule has 0 aliphatic carbocycles. The van der Waals surface area contributed by atoms with Crippen molar-refractivity contribution in [1.29, 1.82) is 0 Å². The van der Waals surface area contributed by atoms with Crippen molar-refractivity contribution in [3.63, 3.8) is 0 Å². The third-order valence-electron chi connectivity index (χ3n) is 1.98. The zero-order valence-electron chi connectivity index (χ0n) is 8.80. The highest BCUT2D eigenvalue weighted by Crippen LogP contribution is 2.28. The minimum Gasteiger partial charge on any atom is -0.158 e. The summed E-state index contributed by atoms with van der Waals surface area (Å²) in [6.07, 6.45) is 2.65. The maximum Gasteiger partial charge on any atom is 0.0163 e. The number of hydrogen-bond acceptors (Lipinski definition) is 2. The van der Waals surface area contributed by atoms with Crippen LogP contribution in [0.1, 0.15) is 40.5 Å². The normalized spacial score (nSPS) is 16.0. The molecule has 0 N–H and O–H groups in total. The summed E-state index contributed by atoms with van der Waals surface area (Å²) in [7, 11) is 0. The molecule has 0 saturated carbocycles. The van der Waals surface area contributed by atoms with Gasteiger partial charge in [0.2, 0.25) is 0 Å². The molecule has 0 saturated heterocycles. The van der Waals surface area contributed by atoms with Crippen molar-refractivity contribution in [2.75, 3.05) is 11.5 Å². The first-order valence-corrected chi connectivity index (χ1v) is 7.12. The molecule has 0 heterocycles. The van der Waals surface area contributed by atoms with E-state index in [0.29, 0.717) is 0 Å². The molecular weight excluding hydrogens is 184 g/mol. The fraction of sp³-hybridized carbons (Fsp3) is 1.00. The molecule has 2 atom stereocenters. The van der Waals surface area contributed by atoms with E-state index in [2.05, 4.69) is 51.2 Å². The molecule has 0 amide bonds. The van der Waals surface area contributed by atoms with Gasteiger partial charge in [-0.25, -0.2) is 0 Å². The maximum atomic E-state index is 2.31. The molecule has 0 fully saturated rings. The number of thioether (sulfide) groups is 2. The summed E-state index contributed by atoms with van der Waals surface area (Å²) in [5, 5.41) is 1.76. The second-order valence-electron chi connectivity index (χ2n) is 2.80. The van der Waals surface area contributed by atoms with E-state index in [4.69, 9.17) is 0 Å². The maximum absolute atomic E-state index is 2.31. The zero-order chi connectivity index (χ0) is 9.40. The third-order valence-corrected chi connectivity index (χ3v) is 5.00. The molecule has 2 unspecified atom stereocenters. The van der Waals surface area contributed by atoms with E-state index in [0.717, 1.165) is 10.5 Å². The summed E-state index contributed by atoms with van der Waals surface area (Å²) < 4.78 is 0. The summed E-state index contributed by atoms with van der Waals surface area (Å²) in [6.45, 7) is 9.14. The number of hydrogen-bond donors (Lipinski definition) is 0. The van der Waals surface area contributed by atoms with Crippen molar-refractivity contribution in [3.05, 3.63) is 0 Å². The fourth-order valence-corrected chi connectivity index (χ4v) is 4.02. The Morgan fingerprint density at radius 3 is 1.25 bits per heavy atom. The quantitative estimate of drug-likeness (QED) is 0.616. The molecule has 74 valence electrons. The molecule has 0 rings (SSSR count). The molecular formula is C10H22S2. The molecule has 0 radical (unpaired) electrons. The minimum absolute atomic E-state index is 0.880. The van der Waals surface area contributed by atoms with Crippen molar-refractivity contribution >= 4 is 23.5 Å². The van der Waals surface area contributed by atoms with E-state index in [1.807, 2.05) is 0 Å². The van der Waals surface area contributed by atoms with Gasteiger partial charge in [0.1, 0.15) is 0 Å². The van der Waals surface area contributed by atoms with E-state index in [1.54, 1.807) is 0 Å². The average molecular weight is 206 g/mol. The second-order valence-corrected chi connectivity index (χ2v) is 5.84. The highest BCUT2D eigenvalue weighted by molar-refractivity contribution is 8.03. The lowest BCUT2D eigenvalue weighted by Gasteiger charge is -2.23. The monoisotopic (exact) mass is 206 g/mol. The molecule has 0 aromatic heterocycles. The zero-order valence-corrected chi connectivity index (χ0v) is 10.4. The van der Waals surface area contributed by atoms with Crippen molar-refractivity contribution in [2.24, 2.45) is 0 Å². The lowest BCUT2D eigenvalue weighted by molar-refractivity contribution is 0.737.